The number of ether oxygens (including phenoxy) is 1. The lowest BCUT2D eigenvalue weighted by molar-refractivity contribution is 0.330. The Balaban J connectivity index is 1.89. The molecule has 1 atom stereocenters. The van der Waals surface area contributed by atoms with Gasteiger partial charge in [0.2, 0.25) is 10.0 Å². The summed E-state index contributed by atoms with van der Waals surface area (Å²) >= 11 is 0. The van der Waals surface area contributed by atoms with Crippen LogP contribution < -0.4 is 9.46 Å². The van der Waals surface area contributed by atoms with Gasteiger partial charge >= 0.3 is 0 Å². The molecule has 0 aliphatic carbocycles. The molecule has 1 aromatic rings. The number of nitrogens with zero attached hydrogens (tertiary/aromatic N) is 1. The molecule has 5 nitrogen and oxygen atoms in total. The Hall–Kier alpha value is -1.55. The van der Waals surface area contributed by atoms with Crippen molar-refractivity contribution in [3.63, 3.8) is 0 Å². The van der Waals surface area contributed by atoms with Crippen LogP contribution in [0.5, 0.6) is 5.75 Å². The molecule has 0 saturated carbocycles. The minimum Gasteiger partial charge on any atom is -0.481 e. The smallest absolute Gasteiger partial charge is 0.215 e. The van der Waals surface area contributed by atoms with Gasteiger partial charge in [0.25, 0.3) is 0 Å². The third kappa shape index (κ3) is 4.47. The van der Waals surface area contributed by atoms with Crippen LogP contribution in [0.25, 0.3) is 0 Å². The molecule has 0 amide bonds. The molecule has 1 fully saturated rings. The van der Waals surface area contributed by atoms with Gasteiger partial charge < -0.3 is 4.74 Å². The first-order chi connectivity index (χ1) is 10.5. The van der Waals surface area contributed by atoms with Crippen LogP contribution in [0.4, 0.5) is 0 Å². The fraction of sp³-hybridized carbons (Fsp3) is 0.500. The van der Waals surface area contributed by atoms with Gasteiger partial charge in [-0.05, 0) is 30.7 Å². The predicted octanol–water partition coefficient (Wildman–Crippen LogP) is 1.21. The number of hydrogen-bond acceptors (Lipinski definition) is 4. The van der Waals surface area contributed by atoms with Crippen LogP contribution in [0.1, 0.15) is 18.9 Å². The molecule has 1 heterocycles. The SMILES string of the molecule is C#CCOc1ccc(CN2CC[C@@H](S(=O)(=O)NCC)C2)cc1. The van der Waals surface area contributed by atoms with E-state index in [1.54, 1.807) is 6.92 Å². The maximum absolute atomic E-state index is 12.0. The third-order valence-corrected chi connectivity index (χ3v) is 5.62. The Labute approximate surface area is 132 Å². The first kappa shape index (κ1) is 16.8. The summed E-state index contributed by atoms with van der Waals surface area (Å²) in [5.41, 5.74) is 1.13. The Bertz CT molecular complexity index is 620. The second-order valence-electron chi connectivity index (χ2n) is 5.33. The molecule has 120 valence electrons. The van der Waals surface area contributed by atoms with E-state index in [-0.39, 0.29) is 11.9 Å². The number of terminal acetylenes is 1. The normalized spacial score (nSPS) is 19.0. The fourth-order valence-corrected chi connectivity index (χ4v) is 4.05. The molecule has 1 N–H and O–H groups in total. The molecule has 0 radical (unpaired) electrons. The van der Waals surface area contributed by atoms with E-state index in [4.69, 9.17) is 11.2 Å². The van der Waals surface area contributed by atoms with E-state index in [2.05, 4.69) is 15.5 Å². The largest absolute Gasteiger partial charge is 0.481 e. The van der Waals surface area contributed by atoms with E-state index >= 15 is 0 Å². The van der Waals surface area contributed by atoms with Gasteiger partial charge in [0.05, 0.1) is 5.25 Å². The Morgan fingerprint density at radius 1 is 1.41 bits per heavy atom. The van der Waals surface area contributed by atoms with E-state index in [1.165, 1.54) is 0 Å². The highest BCUT2D eigenvalue weighted by molar-refractivity contribution is 7.90. The molecule has 6 heteroatoms. The molecule has 1 saturated heterocycles. The minimum atomic E-state index is -3.18. The first-order valence-electron chi connectivity index (χ1n) is 7.41. The van der Waals surface area contributed by atoms with Crippen molar-refractivity contribution in [1.29, 1.82) is 0 Å². The van der Waals surface area contributed by atoms with Crippen molar-refractivity contribution >= 4 is 10.0 Å². The summed E-state index contributed by atoms with van der Waals surface area (Å²) in [5.74, 6) is 3.17. The fourth-order valence-electron chi connectivity index (χ4n) is 2.59. The molecule has 1 aliphatic heterocycles. The van der Waals surface area contributed by atoms with Crippen LogP contribution >= 0.6 is 0 Å². The summed E-state index contributed by atoms with van der Waals surface area (Å²) in [6, 6.07) is 7.74. The number of sulfonamides is 1. The molecule has 0 unspecified atom stereocenters. The molecule has 0 bridgehead atoms. The number of likely N-dealkylation sites (tertiary alicyclic amines) is 1. The van der Waals surface area contributed by atoms with Crippen LogP contribution in [0.3, 0.4) is 0 Å². The molecular formula is C16H22N2O3S. The van der Waals surface area contributed by atoms with Crippen molar-refractivity contribution in [2.24, 2.45) is 0 Å². The van der Waals surface area contributed by atoms with E-state index in [1.807, 2.05) is 24.3 Å². The van der Waals surface area contributed by atoms with Gasteiger partial charge in [0.1, 0.15) is 12.4 Å². The maximum atomic E-state index is 12.0. The van der Waals surface area contributed by atoms with Crippen molar-refractivity contribution < 1.29 is 13.2 Å². The molecule has 1 aliphatic rings. The Morgan fingerprint density at radius 3 is 2.77 bits per heavy atom. The lowest BCUT2D eigenvalue weighted by atomic mass is 10.2. The monoisotopic (exact) mass is 322 g/mol. The Kier molecular flexibility index (Phi) is 5.83. The zero-order valence-electron chi connectivity index (χ0n) is 12.8. The topological polar surface area (TPSA) is 58.6 Å². The summed E-state index contributed by atoms with van der Waals surface area (Å²) in [6.45, 7) is 4.62. The number of benzene rings is 1. The standard InChI is InChI=1S/C16H22N2O3S/c1-3-11-21-15-7-5-14(6-8-15)12-18-10-9-16(13-18)22(19,20)17-4-2/h1,5-8,16-17H,4,9-13H2,2H3/t16-/m1/s1. The lowest BCUT2D eigenvalue weighted by Crippen LogP contribution is -2.36. The van der Waals surface area contributed by atoms with Crippen molar-refractivity contribution in [3.05, 3.63) is 29.8 Å². The van der Waals surface area contributed by atoms with Gasteiger partial charge in [0, 0.05) is 19.6 Å². The maximum Gasteiger partial charge on any atom is 0.215 e. The van der Waals surface area contributed by atoms with Crippen LogP contribution in [-0.2, 0) is 16.6 Å². The molecule has 2 rings (SSSR count). The van der Waals surface area contributed by atoms with Gasteiger partial charge in [-0.25, -0.2) is 13.1 Å². The highest BCUT2D eigenvalue weighted by atomic mass is 32.2. The molecular weight excluding hydrogens is 300 g/mol. The number of hydrogen-bond donors (Lipinski definition) is 1. The summed E-state index contributed by atoms with van der Waals surface area (Å²) in [5, 5.41) is -0.314. The quantitative estimate of drug-likeness (QED) is 0.767. The molecule has 1 aromatic carbocycles. The zero-order chi connectivity index (χ0) is 16.0. The van der Waals surface area contributed by atoms with Crippen LogP contribution in [0, 0.1) is 12.3 Å². The van der Waals surface area contributed by atoms with E-state index in [0.29, 0.717) is 19.5 Å². The number of nitrogens with one attached hydrogen (secondary N) is 1. The van der Waals surface area contributed by atoms with Gasteiger partial charge in [-0.15, -0.1) is 6.42 Å². The Morgan fingerprint density at radius 2 is 2.14 bits per heavy atom. The van der Waals surface area contributed by atoms with Crippen LogP contribution in [-0.4, -0.2) is 44.8 Å². The summed E-state index contributed by atoms with van der Waals surface area (Å²) in [6.07, 6.45) is 5.83. The molecule has 22 heavy (non-hydrogen) atoms. The second-order valence-corrected chi connectivity index (χ2v) is 7.37. The van der Waals surface area contributed by atoms with Gasteiger partial charge in [-0.1, -0.05) is 25.0 Å². The van der Waals surface area contributed by atoms with E-state index in [0.717, 1.165) is 24.4 Å². The number of rotatable bonds is 7. The van der Waals surface area contributed by atoms with Crippen molar-refractivity contribution in [2.45, 2.75) is 25.1 Å². The van der Waals surface area contributed by atoms with Gasteiger partial charge in [-0.3, -0.25) is 4.90 Å². The van der Waals surface area contributed by atoms with Crippen LogP contribution in [0.15, 0.2) is 24.3 Å². The highest BCUT2D eigenvalue weighted by Crippen LogP contribution is 2.20. The van der Waals surface area contributed by atoms with Crippen molar-refractivity contribution in [2.75, 3.05) is 26.2 Å². The van der Waals surface area contributed by atoms with Gasteiger partial charge in [0.15, 0.2) is 0 Å². The second kappa shape index (κ2) is 7.63. The predicted molar refractivity (Wildman–Crippen MR) is 87.0 cm³/mol. The van der Waals surface area contributed by atoms with Crippen molar-refractivity contribution in [1.82, 2.24) is 9.62 Å². The summed E-state index contributed by atoms with van der Waals surface area (Å²) in [7, 11) is -3.18. The summed E-state index contributed by atoms with van der Waals surface area (Å²) in [4.78, 5) is 2.16. The minimum absolute atomic E-state index is 0.259. The van der Waals surface area contributed by atoms with Gasteiger partial charge in [-0.2, -0.15) is 0 Å². The third-order valence-electron chi connectivity index (χ3n) is 3.67. The zero-order valence-corrected chi connectivity index (χ0v) is 13.6. The lowest BCUT2D eigenvalue weighted by Gasteiger charge is -2.16. The summed E-state index contributed by atoms with van der Waals surface area (Å²) < 4.78 is 31.9. The average molecular weight is 322 g/mol. The highest BCUT2D eigenvalue weighted by Gasteiger charge is 2.32. The van der Waals surface area contributed by atoms with E-state index in [9.17, 15) is 8.42 Å². The molecule has 0 spiro atoms. The first-order valence-corrected chi connectivity index (χ1v) is 8.96. The average Bonchev–Trinajstić information content (AvgIpc) is 2.96. The van der Waals surface area contributed by atoms with E-state index < -0.39 is 10.0 Å². The molecule has 0 aromatic heterocycles. The van der Waals surface area contributed by atoms with Crippen LogP contribution in [0.2, 0.25) is 0 Å². The van der Waals surface area contributed by atoms with Crippen molar-refractivity contribution in [3.8, 4) is 18.1 Å².